The predicted octanol–water partition coefficient (Wildman–Crippen LogP) is 4.99. The summed E-state index contributed by atoms with van der Waals surface area (Å²) in [6, 6.07) is 12.4. The van der Waals surface area contributed by atoms with E-state index in [1.54, 1.807) is 12.3 Å². The van der Waals surface area contributed by atoms with E-state index in [4.69, 9.17) is 0 Å². The minimum absolute atomic E-state index is 0.0449. The summed E-state index contributed by atoms with van der Waals surface area (Å²) in [6.45, 7) is 3.98. The van der Waals surface area contributed by atoms with E-state index in [1.165, 1.54) is 24.0 Å². The van der Waals surface area contributed by atoms with Crippen molar-refractivity contribution >= 4 is 11.5 Å². The second-order valence-electron chi connectivity index (χ2n) is 6.31. The van der Waals surface area contributed by atoms with E-state index in [9.17, 15) is 4.79 Å². The summed E-state index contributed by atoms with van der Waals surface area (Å²) in [5.74, 6) is 0.0449. The molecule has 0 heterocycles. The van der Waals surface area contributed by atoms with Gasteiger partial charge in [-0.3, -0.25) is 4.79 Å². The van der Waals surface area contributed by atoms with Gasteiger partial charge in [0.05, 0.1) is 0 Å². The van der Waals surface area contributed by atoms with Crippen LogP contribution in [0.15, 0.2) is 48.7 Å². The first-order valence-electron chi connectivity index (χ1n) is 8.30. The van der Waals surface area contributed by atoms with E-state index >= 15 is 0 Å². The smallest absolute Gasteiger partial charge is 0.187 e. The monoisotopic (exact) mass is 305 g/mol. The number of rotatable bonds is 4. The third kappa shape index (κ3) is 3.53. The number of allylic oxidation sites excluding steroid dienone is 1. The van der Waals surface area contributed by atoms with Gasteiger partial charge in [-0.2, -0.15) is 0 Å². The largest absolute Gasteiger partial charge is 0.361 e. The number of anilines is 1. The molecule has 0 bridgehead atoms. The normalized spacial score (nSPS) is 13.8. The molecule has 0 aliphatic heterocycles. The SMILES string of the molecule is Cc1ccc(C)c(C(=O)/C=C/Nc2cccc3c2CCCC3)c1. The van der Waals surface area contributed by atoms with Crippen molar-refractivity contribution in [3.8, 4) is 0 Å². The third-order valence-corrected chi connectivity index (χ3v) is 4.53. The summed E-state index contributed by atoms with van der Waals surface area (Å²) in [4.78, 5) is 12.4. The van der Waals surface area contributed by atoms with Crippen molar-refractivity contribution in [1.29, 1.82) is 0 Å². The molecule has 0 fully saturated rings. The van der Waals surface area contributed by atoms with Crippen LogP contribution >= 0.6 is 0 Å². The first kappa shape index (κ1) is 15.5. The van der Waals surface area contributed by atoms with Crippen LogP contribution < -0.4 is 5.32 Å². The standard InChI is InChI=1S/C21H23NO/c1-15-10-11-16(2)19(14-15)21(23)12-13-22-20-9-5-7-17-6-3-4-8-18(17)20/h5,7,9-14,22H,3-4,6,8H2,1-2H3/b13-12+. The molecule has 2 aromatic rings. The van der Waals surface area contributed by atoms with Crippen molar-refractivity contribution < 1.29 is 4.79 Å². The molecule has 0 saturated carbocycles. The van der Waals surface area contributed by atoms with Gasteiger partial charge in [-0.05, 0) is 68.4 Å². The fourth-order valence-electron chi connectivity index (χ4n) is 3.21. The lowest BCUT2D eigenvalue weighted by Gasteiger charge is -2.19. The molecule has 118 valence electrons. The summed E-state index contributed by atoms with van der Waals surface area (Å²) >= 11 is 0. The van der Waals surface area contributed by atoms with Crippen LogP contribution in [0.5, 0.6) is 0 Å². The number of carbonyl (C=O) groups excluding carboxylic acids is 1. The van der Waals surface area contributed by atoms with Crippen LogP contribution in [0.3, 0.4) is 0 Å². The summed E-state index contributed by atoms with van der Waals surface area (Å²) in [5, 5.41) is 3.31. The first-order chi connectivity index (χ1) is 11.1. The quantitative estimate of drug-likeness (QED) is 0.637. The summed E-state index contributed by atoms with van der Waals surface area (Å²) in [7, 11) is 0. The lowest BCUT2D eigenvalue weighted by atomic mass is 9.90. The number of hydrogen-bond acceptors (Lipinski definition) is 2. The summed E-state index contributed by atoms with van der Waals surface area (Å²) in [6.07, 6.45) is 8.21. The molecule has 0 unspecified atom stereocenters. The minimum atomic E-state index is 0.0449. The summed E-state index contributed by atoms with van der Waals surface area (Å²) in [5.41, 5.74) is 6.88. The molecule has 0 saturated heterocycles. The lowest BCUT2D eigenvalue weighted by molar-refractivity contribution is 0.104. The van der Waals surface area contributed by atoms with E-state index in [0.717, 1.165) is 35.2 Å². The second-order valence-corrected chi connectivity index (χ2v) is 6.31. The van der Waals surface area contributed by atoms with E-state index < -0.39 is 0 Å². The topological polar surface area (TPSA) is 29.1 Å². The van der Waals surface area contributed by atoms with Crippen LogP contribution in [0, 0.1) is 13.8 Å². The van der Waals surface area contributed by atoms with E-state index in [0.29, 0.717) is 0 Å². The van der Waals surface area contributed by atoms with Crippen LogP contribution in [0.25, 0.3) is 0 Å². The molecule has 2 nitrogen and oxygen atoms in total. The van der Waals surface area contributed by atoms with Crippen molar-refractivity contribution in [2.75, 3.05) is 5.32 Å². The number of ketones is 1. The van der Waals surface area contributed by atoms with Gasteiger partial charge in [0.1, 0.15) is 0 Å². The lowest BCUT2D eigenvalue weighted by Crippen LogP contribution is -2.06. The highest BCUT2D eigenvalue weighted by Gasteiger charge is 2.12. The van der Waals surface area contributed by atoms with Gasteiger partial charge < -0.3 is 5.32 Å². The first-order valence-corrected chi connectivity index (χ1v) is 8.30. The van der Waals surface area contributed by atoms with Gasteiger partial charge in [0.15, 0.2) is 5.78 Å². The van der Waals surface area contributed by atoms with Crippen molar-refractivity contribution in [2.45, 2.75) is 39.5 Å². The van der Waals surface area contributed by atoms with Gasteiger partial charge in [0, 0.05) is 23.5 Å². The predicted molar refractivity (Wildman–Crippen MR) is 96.1 cm³/mol. The molecule has 0 atom stereocenters. The number of benzene rings is 2. The Labute approximate surface area is 138 Å². The van der Waals surface area contributed by atoms with Gasteiger partial charge in [0.25, 0.3) is 0 Å². The molecule has 0 spiro atoms. The van der Waals surface area contributed by atoms with Crippen LogP contribution in [0.2, 0.25) is 0 Å². The molecule has 23 heavy (non-hydrogen) atoms. The third-order valence-electron chi connectivity index (χ3n) is 4.53. The van der Waals surface area contributed by atoms with Crippen LogP contribution in [-0.4, -0.2) is 5.78 Å². The Kier molecular flexibility index (Phi) is 4.61. The molecule has 2 aromatic carbocycles. The average molecular weight is 305 g/mol. The average Bonchev–Trinajstić information content (AvgIpc) is 2.57. The summed E-state index contributed by atoms with van der Waals surface area (Å²) < 4.78 is 0. The molecule has 0 aromatic heterocycles. The Morgan fingerprint density at radius 2 is 1.91 bits per heavy atom. The molecule has 1 aliphatic carbocycles. The number of fused-ring (bicyclic) bond motifs is 1. The zero-order valence-electron chi connectivity index (χ0n) is 13.9. The number of hydrogen-bond donors (Lipinski definition) is 1. The Morgan fingerprint density at radius 3 is 2.78 bits per heavy atom. The number of aryl methyl sites for hydroxylation is 3. The van der Waals surface area contributed by atoms with Gasteiger partial charge in [0.2, 0.25) is 0 Å². The minimum Gasteiger partial charge on any atom is -0.361 e. The van der Waals surface area contributed by atoms with Gasteiger partial charge in [-0.25, -0.2) is 0 Å². The van der Waals surface area contributed by atoms with Crippen LogP contribution in [0.1, 0.15) is 45.5 Å². The maximum absolute atomic E-state index is 12.4. The fraction of sp³-hybridized carbons (Fsp3) is 0.286. The fourth-order valence-corrected chi connectivity index (χ4v) is 3.21. The number of carbonyl (C=O) groups is 1. The Morgan fingerprint density at radius 1 is 1.09 bits per heavy atom. The highest BCUT2D eigenvalue weighted by molar-refractivity contribution is 6.05. The zero-order valence-corrected chi connectivity index (χ0v) is 13.9. The molecule has 2 heteroatoms. The van der Waals surface area contributed by atoms with E-state index in [-0.39, 0.29) is 5.78 Å². The maximum Gasteiger partial charge on any atom is 0.187 e. The molecule has 1 N–H and O–H groups in total. The van der Waals surface area contributed by atoms with E-state index in [1.807, 2.05) is 32.0 Å². The second kappa shape index (κ2) is 6.82. The molecular formula is C21H23NO. The molecular weight excluding hydrogens is 282 g/mol. The van der Waals surface area contributed by atoms with Gasteiger partial charge in [-0.1, -0.05) is 29.8 Å². The highest BCUT2D eigenvalue weighted by Crippen LogP contribution is 2.27. The Hall–Kier alpha value is -2.35. The Balaban J connectivity index is 1.74. The molecule has 0 amide bonds. The van der Waals surface area contributed by atoms with E-state index in [2.05, 4.69) is 23.5 Å². The van der Waals surface area contributed by atoms with Crippen molar-refractivity contribution in [3.63, 3.8) is 0 Å². The molecule has 1 aliphatic rings. The molecule has 0 radical (unpaired) electrons. The van der Waals surface area contributed by atoms with Crippen molar-refractivity contribution in [3.05, 3.63) is 76.5 Å². The van der Waals surface area contributed by atoms with Gasteiger partial charge in [-0.15, -0.1) is 0 Å². The Bertz CT molecular complexity index is 758. The number of nitrogens with one attached hydrogen (secondary N) is 1. The van der Waals surface area contributed by atoms with Gasteiger partial charge >= 0.3 is 0 Å². The van der Waals surface area contributed by atoms with Crippen LogP contribution in [0.4, 0.5) is 5.69 Å². The van der Waals surface area contributed by atoms with Crippen molar-refractivity contribution in [1.82, 2.24) is 0 Å². The molecule has 3 rings (SSSR count). The highest BCUT2D eigenvalue weighted by atomic mass is 16.1. The van der Waals surface area contributed by atoms with Crippen molar-refractivity contribution in [2.24, 2.45) is 0 Å². The van der Waals surface area contributed by atoms with Crippen LogP contribution in [-0.2, 0) is 12.8 Å². The zero-order chi connectivity index (χ0) is 16.2. The maximum atomic E-state index is 12.4.